The number of benzene rings is 2. The van der Waals surface area contributed by atoms with Crippen molar-refractivity contribution in [1.82, 2.24) is 0 Å². The third kappa shape index (κ3) is 3.59. The van der Waals surface area contributed by atoms with Gasteiger partial charge in [-0.1, -0.05) is 67.1 Å². The lowest BCUT2D eigenvalue weighted by Gasteiger charge is -2.16. The van der Waals surface area contributed by atoms with E-state index in [0.29, 0.717) is 0 Å². The van der Waals surface area contributed by atoms with Crippen LogP contribution in [0.1, 0.15) is 30.4 Å². The summed E-state index contributed by atoms with van der Waals surface area (Å²) >= 11 is 0. The molecule has 0 aromatic heterocycles. The van der Waals surface area contributed by atoms with Crippen LogP contribution in [0.4, 0.5) is 0 Å². The van der Waals surface area contributed by atoms with Crippen molar-refractivity contribution in [2.75, 3.05) is 7.11 Å². The lowest BCUT2D eigenvalue weighted by Crippen LogP contribution is -2.23. The number of ketones is 1. The van der Waals surface area contributed by atoms with E-state index in [4.69, 9.17) is 4.74 Å². The molecule has 2 nitrogen and oxygen atoms in total. The second-order valence-electron chi connectivity index (χ2n) is 6.00. The van der Waals surface area contributed by atoms with Crippen LogP contribution in [-0.4, -0.2) is 19.0 Å². The molecule has 2 aromatic carbocycles. The molecular formula is C21H22O2. The number of carbonyl (C=O) groups excluding carboxylic acids is 1. The first-order chi connectivity index (χ1) is 11.3. The van der Waals surface area contributed by atoms with Gasteiger partial charge >= 0.3 is 0 Å². The molecule has 1 fully saturated rings. The Morgan fingerprint density at radius 2 is 1.52 bits per heavy atom. The van der Waals surface area contributed by atoms with Crippen LogP contribution in [0.15, 0.2) is 66.7 Å². The average molecular weight is 306 g/mol. The standard InChI is InChI=1S/C21H22O2/c1-23-21-14-8-13-18(21)20(22)15-19(16-9-4-2-5-10-16)17-11-6-3-7-12-17/h2-7,9-12,15,18,21H,8,13-14H2,1H3/t18-,21+/m0/s1. The van der Waals surface area contributed by atoms with Crippen LogP contribution in [0.2, 0.25) is 0 Å². The topological polar surface area (TPSA) is 26.3 Å². The number of rotatable bonds is 5. The predicted molar refractivity (Wildman–Crippen MR) is 93.1 cm³/mol. The van der Waals surface area contributed by atoms with Crippen molar-refractivity contribution in [2.24, 2.45) is 5.92 Å². The molecule has 1 aliphatic rings. The van der Waals surface area contributed by atoms with Gasteiger partial charge in [-0.2, -0.15) is 0 Å². The summed E-state index contributed by atoms with van der Waals surface area (Å²) in [4.78, 5) is 12.8. The van der Waals surface area contributed by atoms with E-state index in [1.807, 2.05) is 42.5 Å². The minimum atomic E-state index is -0.0116. The minimum Gasteiger partial charge on any atom is -0.381 e. The summed E-state index contributed by atoms with van der Waals surface area (Å²) in [6, 6.07) is 20.2. The molecule has 0 aliphatic heterocycles. The van der Waals surface area contributed by atoms with Gasteiger partial charge in [-0.25, -0.2) is 0 Å². The molecule has 0 bridgehead atoms. The molecule has 0 amide bonds. The van der Waals surface area contributed by atoms with Crippen LogP contribution in [0, 0.1) is 5.92 Å². The Balaban J connectivity index is 1.97. The molecule has 1 saturated carbocycles. The molecule has 1 aliphatic carbocycles. The van der Waals surface area contributed by atoms with E-state index in [1.54, 1.807) is 7.11 Å². The second-order valence-corrected chi connectivity index (χ2v) is 6.00. The van der Waals surface area contributed by atoms with E-state index in [-0.39, 0.29) is 17.8 Å². The molecule has 2 heteroatoms. The fraction of sp³-hybridized carbons (Fsp3) is 0.286. The summed E-state index contributed by atoms with van der Waals surface area (Å²) < 4.78 is 5.49. The minimum absolute atomic E-state index is 0.0116. The van der Waals surface area contributed by atoms with Gasteiger partial charge in [-0.15, -0.1) is 0 Å². The summed E-state index contributed by atoms with van der Waals surface area (Å²) in [5.41, 5.74) is 3.12. The molecule has 0 saturated heterocycles. The van der Waals surface area contributed by atoms with E-state index in [9.17, 15) is 4.79 Å². The van der Waals surface area contributed by atoms with Crippen molar-refractivity contribution in [1.29, 1.82) is 0 Å². The molecule has 3 rings (SSSR count). The largest absolute Gasteiger partial charge is 0.381 e. The smallest absolute Gasteiger partial charge is 0.161 e. The zero-order chi connectivity index (χ0) is 16.1. The normalized spacial score (nSPS) is 20.2. The molecule has 0 N–H and O–H groups in total. The average Bonchev–Trinajstić information content (AvgIpc) is 3.10. The van der Waals surface area contributed by atoms with Gasteiger partial charge in [-0.05, 0) is 35.6 Å². The summed E-state index contributed by atoms with van der Waals surface area (Å²) in [7, 11) is 1.70. The van der Waals surface area contributed by atoms with E-state index in [0.717, 1.165) is 36.0 Å². The maximum absolute atomic E-state index is 12.8. The predicted octanol–water partition coefficient (Wildman–Crippen LogP) is 4.50. The fourth-order valence-electron chi connectivity index (χ4n) is 3.35. The first-order valence-electron chi connectivity index (χ1n) is 8.19. The van der Waals surface area contributed by atoms with Crippen LogP contribution in [0.3, 0.4) is 0 Å². The Kier molecular flexibility index (Phi) is 5.04. The van der Waals surface area contributed by atoms with Crippen molar-refractivity contribution >= 4 is 11.4 Å². The lowest BCUT2D eigenvalue weighted by molar-refractivity contribution is -0.121. The molecule has 0 spiro atoms. The number of hydrogen-bond acceptors (Lipinski definition) is 2. The zero-order valence-electron chi connectivity index (χ0n) is 13.4. The van der Waals surface area contributed by atoms with Crippen molar-refractivity contribution in [3.05, 3.63) is 77.9 Å². The Hall–Kier alpha value is -2.19. The SMILES string of the molecule is CO[C@@H]1CCC[C@H]1C(=O)C=C(c1ccccc1)c1ccccc1. The van der Waals surface area contributed by atoms with Gasteiger partial charge < -0.3 is 4.74 Å². The van der Waals surface area contributed by atoms with E-state index in [1.165, 1.54) is 0 Å². The van der Waals surface area contributed by atoms with E-state index >= 15 is 0 Å². The number of carbonyl (C=O) groups is 1. The quantitative estimate of drug-likeness (QED) is 0.760. The maximum atomic E-state index is 12.8. The van der Waals surface area contributed by atoms with Gasteiger partial charge in [0, 0.05) is 13.0 Å². The molecular weight excluding hydrogens is 284 g/mol. The van der Waals surface area contributed by atoms with Crippen molar-refractivity contribution in [3.8, 4) is 0 Å². The summed E-state index contributed by atoms with van der Waals surface area (Å²) in [6.07, 6.45) is 4.84. The van der Waals surface area contributed by atoms with E-state index < -0.39 is 0 Å². The zero-order valence-corrected chi connectivity index (χ0v) is 13.4. The van der Waals surface area contributed by atoms with Gasteiger partial charge in [0.15, 0.2) is 5.78 Å². The van der Waals surface area contributed by atoms with Crippen LogP contribution in [0.25, 0.3) is 5.57 Å². The Bertz CT molecular complexity index is 632. The van der Waals surface area contributed by atoms with Crippen molar-refractivity contribution in [2.45, 2.75) is 25.4 Å². The molecule has 2 aromatic rings. The third-order valence-electron chi connectivity index (χ3n) is 4.58. The summed E-state index contributed by atoms with van der Waals surface area (Å²) in [6.45, 7) is 0. The van der Waals surface area contributed by atoms with Gasteiger partial charge in [0.05, 0.1) is 6.10 Å². The molecule has 0 unspecified atom stereocenters. The van der Waals surface area contributed by atoms with Crippen LogP contribution >= 0.6 is 0 Å². The highest BCUT2D eigenvalue weighted by Crippen LogP contribution is 2.31. The molecule has 0 radical (unpaired) electrons. The second kappa shape index (κ2) is 7.38. The highest BCUT2D eigenvalue weighted by molar-refractivity contribution is 6.02. The van der Waals surface area contributed by atoms with Gasteiger partial charge in [0.2, 0.25) is 0 Å². The van der Waals surface area contributed by atoms with E-state index in [2.05, 4.69) is 24.3 Å². The number of ether oxygens (including phenoxy) is 1. The molecule has 23 heavy (non-hydrogen) atoms. The van der Waals surface area contributed by atoms with Gasteiger partial charge in [-0.3, -0.25) is 4.79 Å². The highest BCUT2D eigenvalue weighted by Gasteiger charge is 2.32. The number of methoxy groups -OCH3 is 1. The first-order valence-corrected chi connectivity index (χ1v) is 8.19. The number of allylic oxidation sites excluding steroid dienone is 1. The van der Waals surface area contributed by atoms with Crippen LogP contribution in [-0.2, 0) is 9.53 Å². The Labute approximate surface area is 137 Å². The molecule has 2 atom stereocenters. The van der Waals surface area contributed by atoms with Crippen molar-refractivity contribution in [3.63, 3.8) is 0 Å². The van der Waals surface area contributed by atoms with Gasteiger partial charge in [0.25, 0.3) is 0 Å². The number of hydrogen-bond donors (Lipinski definition) is 0. The monoisotopic (exact) mass is 306 g/mol. The summed E-state index contributed by atoms with van der Waals surface area (Å²) in [5.74, 6) is 0.166. The maximum Gasteiger partial charge on any atom is 0.161 e. The Morgan fingerprint density at radius 1 is 0.957 bits per heavy atom. The highest BCUT2D eigenvalue weighted by atomic mass is 16.5. The molecule has 0 heterocycles. The van der Waals surface area contributed by atoms with Gasteiger partial charge in [0.1, 0.15) is 0 Å². The molecule has 118 valence electrons. The lowest BCUT2D eigenvalue weighted by atomic mass is 9.92. The first kappa shape index (κ1) is 15.7. The van der Waals surface area contributed by atoms with Crippen LogP contribution < -0.4 is 0 Å². The summed E-state index contributed by atoms with van der Waals surface area (Å²) in [5, 5.41) is 0. The third-order valence-corrected chi connectivity index (χ3v) is 4.58. The van der Waals surface area contributed by atoms with Crippen molar-refractivity contribution < 1.29 is 9.53 Å². The van der Waals surface area contributed by atoms with Crippen LogP contribution in [0.5, 0.6) is 0 Å². The Morgan fingerprint density at radius 3 is 2.04 bits per heavy atom. The fourth-order valence-corrected chi connectivity index (χ4v) is 3.35.